The van der Waals surface area contributed by atoms with Crippen LogP contribution in [0.25, 0.3) is 0 Å². The molecule has 0 atom stereocenters. The number of esters is 1. The summed E-state index contributed by atoms with van der Waals surface area (Å²) in [6.45, 7) is 1.44. The van der Waals surface area contributed by atoms with Crippen LogP contribution in [0.5, 0.6) is 0 Å². The number of carboxylic acids is 1. The van der Waals surface area contributed by atoms with Crippen molar-refractivity contribution in [3.8, 4) is 0 Å². The molecule has 21 heavy (non-hydrogen) atoms. The predicted molar refractivity (Wildman–Crippen MR) is 71.3 cm³/mol. The van der Waals surface area contributed by atoms with Gasteiger partial charge in [-0.15, -0.1) is 0 Å². The predicted octanol–water partition coefficient (Wildman–Crippen LogP) is 0.429. The lowest BCUT2D eigenvalue weighted by Gasteiger charge is -2.19. The van der Waals surface area contributed by atoms with Crippen LogP contribution in [0, 0.1) is 0 Å². The molecule has 9 heteroatoms. The van der Waals surface area contributed by atoms with Crippen molar-refractivity contribution in [3.63, 3.8) is 0 Å². The van der Waals surface area contributed by atoms with Crippen molar-refractivity contribution in [3.05, 3.63) is 18.0 Å². The maximum absolute atomic E-state index is 12.5. The molecule has 0 aliphatic heterocycles. The molecule has 1 aliphatic rings. The van der Waals surface area contributed by atoms with E-state index in [1.807, 2.05) is 0 Å². The average Bonchev–Trinajstić information content (AvgIpc) is 3.10. The largest absolute Gasteiger partial charge is 0.477 e. The quantitative estimate of drug-likeness (QED) is 0.704. The number of carbonyl (C=O) groups is 2. The molecule has 0 bridgehead atoms. The van der Waals surface area contributed by atoms with Crippen LogP contribution in [0.3, 0.4) is 0 Å². The highest BCUT2D eigenvalue weighted by Gasteiger charge is 2.40. The van der Waals surface area contributed by atoms with Crippen LogP contribution in [0.15, 0.2) is 17.2 Å². The van der Waals surface area contributed by atoms with Gasteiger partial charge in [-0.25, -0.2) is 13.2 Å². The Morgan fingerprint density at radius 2 is 2.14 bits per heavy atom. The number of carboxylic acid groups (broad SMARTS) is 1. The van der Waals surface area contributed by atoms with Gasteiger partial charge in [-0.1, -0.05) is 0 Å². The monoisotopic (exact) mass is 316 g/mol. The molecule has 0 saturated heterocycles. The van der Waals surface area contributed by atoms with E-state index in [0.29, 0.717) is 12.8 Å². The lowest BCUT2D eigenvalue weighted by atomic mass is 10.4. The SMILES string of the molecule is CCOC(=O)CN(C1CC1)S(=O)(=O)c1c[nH]c(C(=O)O)c1. The summed E-state index contributed by atoms with van der Waals surface area (Å²) in [4.78, 5) is 24.6. The van der Waals surface area contributed by atoms with Crippen LogP contribution >= 0.6 is 0 Å². The Hall–Kier alpha value is -1.87. The zero-order chi connectivity index (χ0) is 15.6. The van der Waals surface area contributed by atoms with Crippen molar-refractivity contribution in [1.82, 2.24) is 9.29 Å². The second-order valence-corrected chi connectivity index (χ2v) is 6.53. The van der Waals surface area contributed by atoms with E-state index in [1.54, 1.807) is 6.92 Å². The maximum atomic E-state index is 12.5. The maximum Gasteiger partial charge on any atom is 0.352 e. The molecule has 0 spiro atoms. The first-order chi connectivity index (χ1) is 9.86. The molecule has 1 heterocycles. The summed E-state index contributed by atoms with van der Waals surface area (Å²) in [6, 6.07) is 0.806. The van der Waals surface area contributed by atoms with Crippen molar-refractivity contribution in [2.24, 2.45) is 0 Å². The normalized spacial score (nSPS) is 15.1. The third-order valence-corrected chi connectivity index (χ3v) is 4.91. The summed E-state index contributed by atoms with van der Waals surface area (Å²) < 4.78 is 30.8. The fraction of sp³-hybridized carbons (Fsp3) is 0.500. The number of aromatic nitrogens is 1. The highest BCUT2D eigenvalue weighted by atomic mass is 32.2. The van der Waals surface area contributed by atoms with E-state index < -0.39 is 22.0 Å². The van der Waals surface area contributed by atoms with Gasteiger partial charge in [0.1, 0.15) is 17.1 Å². The number of carbonyl (C=O) groups excluding carboxylic acids is 1. The van der Waals surface area contributed by atoms with Crippen molar-refractivity contribution >= 4 is 22.0 Å². The molecule has 2 N–H and O–H groups in total. The van der Waals surface area contributed by atoms with E-state index in [2.05, 4.69) is 4.98 Å². The lowest BCUT2D eigenvalue weighted by molar-refractivity contribution is -0.143. The van der Waals surface area contributed by atoms with E-state index in [9.17, 15) is 18.0 Å². The Morgan fingerprint density at radius 3 is 2.62 bits per heavy atom. The first-order valence-corrected chi connectivity index (χ1v) is 7.89. The van der Waals surface area contributed by atoms with E-state index in [1.165, 1.54) is 0 Å². The van der Waals surface area contributed by atoms with Crippen molar-refractivity contribution in [1.29, 1.82) is 0 Å². The number of rotatable bonds is 7. The molecule has 0 radical (unpaired) electrons. The number of nitrogens with zero attached hydrogens (tertiary/aromatic N) is 1. The average molecular weight is 316 g/mol. The van der Waals surface area contributed by atoms with Crippen LogP contribution in [0.2, 0.25) is 0 Å². The summed E-state index contributed by atoms with van der Waals surface area (Å²) in [7, 11) is -3.93. The first kappa shape index (κ1) is 15.5. The Morgan fingerprint density at radius 1 is 1.48 bits per heavy atom. The Kier molecular flexibility index (Phi) is 4.33. The highest BCUT2D eigenvalue weighted by Crippen LogP contribution is 2.32. The van der Waals surface area contributed by atoms with Gasteiger partial charge in [-0.2, -0.15) is 4.31 Å². The van der Waals surface area contributed by atoms with Gasteiger partial charge in [0, 0.05) is 12.2 Å². The first-order valence-electron chi connectivity index (χ1n) is 6.45. The number of hydrogen-bond acceptors (Lipinski definition) is 5. The fourth-order valence-corrected chi connectivity index (χ4v) is 3.51. The summed E-state index contributed by atoms with van der Waals surface area (Å²) in [5.74, 6) is -1.87. The number of sulfonamides is 1. The third kappa shape index (κ3) is 3.42. The van der Waals surface area contributed by atoms with Crippen molar-refractivity contribution < 1.29 is 27.9 Å². The Labute approximate surface area is 121 Å². The topological polar surface area (TPSA) is 117 Å². The van der Waals surface area contributed by atoms with Gasteiger partial charge in [0.2, 0.25) is 10.0 Å². The number of hydrogen-bond donors (Lipinski definition) is 2. The van der Waals surface area contributed by atoms with Gasteiger partial charge in [0.25, 0.3) is 0 Å². The second-order valence-electron chi connectivity index (χ2n) is 4.64. The van der Waals surface area contributed by atoms with Gasteiger partial charge < -0.3 is 14.8 Å². The molecular weight excluding hydrogens is 300 g/mol. The molecule has 0 aromatic carbocycles. The van der Waals surface area contributed by atoms with E-state index in [-0.39, 0.29) is 29.8 Å². The number of H-pyrrole nitrogens is 1. The van der Waals surface area contributed by atoms with Crippen LogP contribution in [0.4, 0.5) is 0 Å². The lowest BCUT2D eigenvalue weighted by Crippen LogP contribution is -2.38. The van der Waals surface area contributed by atoms with E-state index >= 15 is 0 Å². The minimum absolute atomic E-state index is 0.170. The summed E-state index contributed by atoms with van der Waals surface area (Å²) in [5.41, 5.74) is -0.222. The number of nitrogens with one attached hydrogen (secondary N) is 1. The van der Waals surface area contributed by atoms with Gasteiger partial charge in [0.15, 0.2) is 0 Å². The van der Waals surface area contributed by atoms with Gasteiger partial charge in [-0.05, 0) is 25.8 Å². The molecule has 1 aromatic heterocycles. The number of aromatic carboxylic acids is 1. The molecule has 0 amide bonds. The smallest absolute Gasteiger partial charge is 0.352 e. The third-order valence-electron chi connectivity index (χ3n) is 3.04. The van der Waals surface area contributed by atoms with E-state index in [4.69, 9.17) is 9.84 Å². The zero-order valence-electron chi connectivity index (χ0n) is 11.4. The van der Waals surface area contributed by atoms with Crippen LogP contribution in [-0.2, 0) is 19.6 Å². The number of ether oxygens (including phenoxy) is 1. The molecule has 1 aromatic rings. The molecule has 1 saturated carbocycles. The molecular formula is C12H16N2O6S. The molecule has 8 nitrogen and oxygen atoms in total. The molecule has 116 valence electrons. The Bertz CT molecular complexity index is 646. The van der Waals surface area contributed by atoms with Crippen LogP contribution in [0.1, 0.15) is 30.3 Å². The fourth-order valence-electron chi connectivity index (χ4n) is 1.89. The Balaban J connectivity index is 2.24. The number of aromatic amines is 1. The van der Waals surface area contributed by atoms with Gasteiger partial charge >= 0.3 is 11.9 Å². The molecule has 2 rings (SSSR count). The van der Waals surface area contributed by atoms with E-state index in [0.717, 1.165) is 16.6 Å². The second kappa shape index (κ2) is 5.86. The van der Waals surface area contributed by atoms with Gasteiger partial charge in [0.05, 0.1) is 6.61 Å². The van der Waals surface area contributed by atoms with Crippen LogP contribution in [-0.4, -0.2) is 53.9 Å². The van der Waals surface area contributed by atoms with Crippen molar-refractivity contribution in [2.45, 2.75) is 30.7 Å². The zero-order valence-corrected chi connectivity index (χ0v) is 12.2. The van der Waals surface area contributed by atoms with Crippen LogP contribution < -0.4 is 0 Å². The minimum Gasteiger partial charge on any atom is -0.477 e. The minimum atomic E-state index is -3.93. The standard InChI is InChI=1S/C12H16N2O6S/c1-2-20-11(15)7-14(8-3-4-8)21(18,19)9-5-10(12(16)17)13-6-9/h5-6,8,13H,2-4,7H2,1H3,(H,16,17). The molecule has 1 aliphatic carbocycles. The van der Waals surface area contributed by atoms with Crippen molar-refractivity contribution in [2.75, 3.05) is 13.2 Å². The highest BCUT2D eigenvalue weighted by molar-refractivity contribution is 7.89. The molecule has 1 fully saturated rings. The van der Waals surface area contributed by atoms with Gasteiger partial charge in [-0.3, -0.25) is 4.79 Å². The summed E-state index contributed by atoms with van der Waals surface area (Å²) in [6.07, 6.45) is 2.46. The summed E-state index contributed by atoms with van der Waals surface area (Å²) in [5, 5.41) is 8.83. The summed E-state index contributed by atoms with van der Waals surface area (Å²) >= 11 is 0. The molecule has 0 unspecified atom stereocenters.